The highest BCUT2D eigenvalue weighted by Gasteiger charge is 2.37. The van der Waals surface area contributed by atoms with Gasteiger partial charge in [0, 0.05) is 17.8 Å². The molecule has 0 aliphatic carbocycles. The minimum Gasteiger partial charge on any atom is -0.364 e. The first-order valence-corrected chi connectivity index (χ1v) is 11.1. The average Bonchev–Trinajstić information content (AvgIpc) is 2.60. The molecule has 0 spiro atoms. The van der Waals surface area contributed by atoms with E-state index in [2.05, 4.69) is 96.5 Å². The molecule has 3 aromatic rings. The smallest absolute Gasteiger partial charge is 0.187 e. The van der Waals surface area contributed by atoms with Gasteiger partial charge in [0.1, 0.15) is 0 Å². The molecule has 23 heavy (non-hydrogen) atoms. The summed E-state index contributed by atoms with van der Waals surface area (Å²) in [6, 6.07) is 28.7. The van der Waals surface area contributed by atoms with Gasteiger partial charge in [-0.1, -0.05) is 66.7 Å². The molecule has 0 fully saturated rings. The van der Waals surface area contributed by atoms with Gasteiger partial charge in [-0.2, -0.15) is 0 Å². The van der Waals surface area contributed by atoms with Gasteiger partial charge >= 0.3 is 0 Å². The minimum absolute atomic E-state index is 1.03. The summed E-state index contributed by atoms with van der Waals surface area (Å²) in [6.07, 6.45) is 1.03. The fourth-order valence-electron chi connectivity index (χ4n) is 3.67. The number of hydrogen-bond acceptors (Lipinski definition) is 1. The van der Waals surface area contributed by atoms with Gasteiger partial charge in [-0.3, -0.25) is 0 Å². The van der Waals surface area contributed by atoms with Crippen LogP contribution in [0, 0.1) is 0 Å². The zero-order chi connectivity index (χ0) is 15.9. The van der Waals surface area contributed by atoms with Gasteiger partial charge in [-0.15, -0.1) is 0 Å². The lowest BCUT2D eigenvalue weighted by atomic mass is 9.97. The van der Waals surface area contributed by atoms with Crippen molar-refractivity contribution in [2.75, 3.05) is 4.57 Å². The van der Waals surface area contributed by atoms with Gasteiger partial charge in [-0.05, 0) is 41.5 Å². The second kappa shape index (κ2) is 5.39. The minimum atomic E-state index is -1.85. The van der Waals surface area contributed by atoms with E-state index in [1.54, 1.807) is 0 Å². The van der Waals surface area contributed by atoms with Crippen molar-refractivity contribution >= 4 is 24.8 Å². The average molecular weight is 315 g/mol. The molecule has 1 aliphatic heterocycles. The lowest BCUT2D eigenvalue weighted by Gasteiger charge is -2.43. The molecule has 0 radical (unpaired) electrons. The number of para-hydroxylation sites is 2. The largest absolute Gasteiger partial charge is 0.364 e. The van der Waals surface area contributed by atoms with Crippen LogP contribution in [0.3, 0.4) is 0 Å². The van der Waals surface area contributed by atoms with Crippen molar-refractivity contribution < 1.29 is 0 Å². The van der Waals surface area contributed by atoms with Crippen LogP contribution in [-0.2, 0) is 6.42 Å². The summed E-state index contributed by atoms with van der Waals surface area (Å²) in [6.45, 7) is 4.89. The van der Waals surface area contributed by atoms with Crippen LogP contribution in [0.25, 0.3) is 0 Å². The maximum Gasteiger partial charge on any atom is 0.187 e. The van der Waals surface area contributed by atoms with Crippen molar-refractivity contribution in [1.29, 1.82) is 0 Å². The Morgan fingerprint density at radius 1 is 0.652 bits per heavy atom. The number of fused-ring (bicyclic) bond motifs is 2. The molecule has 0 amide bonds. The number of rotatable bonds is 2. The maximum atomic E-state index is 2.64. The van der Waals surface area contributed by atoms with Crippen LogP contribution >= 0.6 is 0 Å². The number of nitrogens with zero attached hydrogens (tertiary/aromatic N) is 1. The summed E-state index contributed by atoms with van der Waals surface area (Å²) in [5.41, 5.74) is 5.63. The van der Waals surface area contributed by atoms with Crippen molar-refractivity contribution in [2.45, 2.75) is 19.5 Å². The van der Waals surface area contributed by atoms with E-state index >= 15 is 0 Å². The molecule has 3 aromatic carbocycles. The second-order valence-electron chi connectivity index (χ2n) is 6.69. The van der Waals surface area contributed by atoms with Crippen molar-refractivity contribution in [2.24, 2.45) is 0 Å². The Morgan fingerprint density at radius 3 is 1.70 bits per heavy atom. The molecule has 114 valence electrons. The summed E-state index contributed by atoms with van der Waals surface area (Å²) in [7, 11) is -1.85. The monoisotopic (exact) mass is 315 g/mol. The SMILES string of the molecule is C[Si](C)(c1ccccc1)N1c2ccccc2Cc2ccccc21. The molecule has 0 unspecified atom stereocenters. The van der Waals surface area contributed by atoms with Crippen LogP contribution in [0.4, 0.5) is 11.4 Å². The van der Waals surface area contributed by atoms with E-state index in [-0.39, 0.29) is 0 Å². The highest BCUT2D eigenvalue weighted by Crippen LogP contribution is 2.41. The molecule has 2 heteroatoms. The highest BCUT2D eigenvalue weighted by molar-refractivity contribution is 6.93. The molecule has 0 N–H and O–H groups in total. The standard InChI is InChI=1S/C21H21NSi/c1-23(2,19-12-4-3-5-13-19)22-20-14-8-6-10-17(20)16-18-11-7-9-15-21(18)22/h3-15H,16H2,1-2H3. The summed E-state index contributed by atoms with van der Waals surface area (Å²) in [4.78, 5) is 0. The van der Waals surface area contributed by atoms with Gasteiger partial charge in [0.15, 0.2) is 8.24 Å². The molecule has 0 aromatic heterocycles. The van der Waals surface area contributed by atoms with Crippen LogP contribution < -0.4 is 9.75 Å². The van der Waals surface area contributed by atoms with E-state index in [9.17, 15) is 0 Å². The first-order chi connectivity index (χ1) is 11.2. The molecular weight excluding hydrogens is 294 g/mol. The van der Waals surface area contributed by atoms with Crippen LogP contribution in [0.15, 0.2) is 78.9 Å². The number of anilines is 2. The summed E-state index contributed by atoms with van der Waals surface area (Å²) in [5, 5.41) is 1.46. The molecule has 1 nitrogen and oxygen atoms in total. The lowest BCUT2D eigenvalue weighted by Crippen LogP contribution is -2.57. The number of benzene rings is 3. The van der Waals surface area contributed by atoms with E-state index in [1.807, 2.05) is 0 Å². The number of hydrogen-bond donors (Lipinski definition) is 0. The summed E-state index contributed by atoms with van der Waals surface area (Å²) < 4.78 is 2.64. The fourth-order valence-corrected chi connectivity index (χ4v) is 6.58. The third-order valence-corrected chi connectivity index (χ3v) is 8.23. The molecule has 1 aliphatic rings. The highest BCUT2D eigenvalue weighted by atomic mass is 28.3. The van der Waals surface area contributed by atoms with Crippen molar-refractivity contribution in [3.05, 3.63) is 90.0 Å². The Labute approximate surface area is 139 Å². The topological polar surface area (TPSA) is 3.24 Å². The van der Waals surface area contributed by atoms with E-state index in [1.165, 1.54) is 27.7 Å². The summed E-state index contributed by atoms with van der Waals surface area (Å²) >= 11 is 0. The predicted octanol–water partition coefficient (Wildman–Crippen LogP) is 4.84. The molecule has 0 bridgehead atoms. The molecule has 0 saturated heterocycles. The molecule has 0 saturated carbocycles. The predicted molar refractivity (Wildman–Crippen MR) is 101 cm³/mol. The fraction of sp³-hybridized carbons (Fsp3) is 0.143. The van der Waals surface area contributed by atoms with Crippen LogP contribution in [0.5, 0.6) is 0 Å². The van der Waals surface area contributed by atoms with Crippen molar-refractivity contribution in [3.8, 4) is 0 Å². The Kier molecular flexibility index (Phi) is 3.35. The van der Waals surface area contributed by atoms with Crippen molar-refractivity contribution in [1.82, 2.24) is 0 Å². The summed E-state index contributed by atoms with van der Waals surface area (Å²) in [5.74, 6) is 0. The van der Waals surface area contributed by atoms with Gasteiger partial charge in [-0.25, -0.2) is 0 Å². The Hall–Kier alpha value is -2.32. The zero-order valence-corrected chi connectivity index (χ0v) is 14.7. The molecule has 0 atom stereocenters. The molecular formula is C21H21NSi. The van der Waals surface area contributed by atoms with Crippen molar-refractivity contribution in [3.63, 3.8) is 0 Å². The van der Waals surface area contributed by atoms with E-state index < -0.39 is 8.24 Å². The first kappa shape index (κ1) is 14.3. The Bertz CT molecular complexity index is 794. The normalized spacial score (nSPS) is 13.4. The third-order valence-electron chi connectivity index (χ3n) is 4.89. The third kappa shape index (κ3) is 2.30. The van der Waals surface area contributed by atoms with Gasteiger partial charge in [0.2, 0.25) is 0 Å². The quantitative estimate of drug-likeness (QED) is 0.612. The van der Waals surface area contributed by atoms with E-state index in [0.717, 1.165) is 6.42 Å². The molecule has 4 rings (SSSR count). The van der Waals surface area contributed by atoms with Crippen LogP contribution in [0.2, 0.25) is 13.1 Å². The lowest BCUT2D eigenvalue weighted by molar-refractivity contribution is 1.10. The van der Waals surface area contributed by atoms with E-state index in [4.69, 9.17) is 0 Å². The van der Waals surface area contributed by atoms with Crippen LogP contribution in [-0.4, -0.2) is 8.24 Å². The molecule has 1 heterocycles. The van der Waals surface area contributed by atoms with Gasteiger partial charge in [0.05, 0.1) is 0 Å². The van der Waals surface area contributed by atoms with E-state index in [0.29, 0.717) is 0 Å². The second-order valence-corrected chi connectivity index (χ2v) is 10.8. The van der Waals surface area contributed by atoms with Gasteiger partial charge in [0.25, 0.3) is 0 Å². The van der Waals surface area contributed by atoms with Crippen LogP contribution in [0.1, 0.15) is 11.1 Å². The Balaban J connectivity index is 1.94. The van der Waals surface area contributed by atoms with Gasteiger partial charge < -0.3 is 4.57 Å². The zero-order valence-electron chi connectivity index (χ0n) is 13.7. The Morgan fingerprint density at radius 2 is 1.13 bits per heavy atom. The maximum absolute atomic E-state index is 2.64. The first-order valence-electron chi connectivity index (χ1n) is 8.19.